The van der Waals surface area contributed by atoms with E-state index >= 15 is 0 Å². The molecule has 0 aliphatic rings. The standard InChI is InChI=1S/C12H8Cl2S/c13-11-7-9(15)6-10(12(11)14)8-4-2-1-3-5-8/h1-7,15H. The SMILES string of the molecule is Sc1cc(Cl)c(Cl)c(-c2ccccc2)c1. The van der Waals surface area contributed by atoms with Gasteiger partial charge in [0.25, 0.3) is 0 Å². The highest BCUT2D eigenvalue weighted by Crippen LogP contribution is 2.35. The topological polar surface area (TPSA) is 0 Å². The molecule has 0 amide bonds. The molecule has 2 aromatic rings. The van der Waals surface area contributed by atoms with Crippen LogP contribution in [0.4, 0.5) is 0 Å². The molecule has 76 valence electrons. The van der Waals surface area contributed by atoms with Crippen molar-refractivity contribution in [2.24, 2.45) is 0 Å². The molecule has 0 atom stereocenters. The van der Waals surface area contributed by atoms with Gasteiger partial charge in [-0.3, -0.25) is 0 Å². The molecule has 0 aliphatic heterocycles. The van der Waals surface area contributed by atoms with E-state index in [1.807, 2.05) is 36.4 Å². The van der Waals surface area contributed by atoms with E-state index in [0.29, 0.717) is 10.0 Å². The van der Waals surface area contributed by atoms with E-state index in [4.69, 9.17) is 23.2 Å². The van der Waals surface area contributed by atoms with Crippen molar-refractivity contribution in [1.82, 2.24) is 0 Å². The van der Waals surface area contributed by atoms with Gasteiger partial charge in [0, 0.05) is 10.5 Å². The maximum absolute atomic E-state index is 6.13. The molecular weight excluding hydrogens is 247 g/mol. The van der Waals surface area contributed by atoms with E-state index in [1.165, 1.54) is 0 Å². The van der Waals surface area contributed by atoms with Gasteiger partial charge in [0.15, 0.2) is 0 Å². The normalized spacial score (nSPS) is 10.3. The molecule has 0 saturated carbocycles. The molecule has 0 fully saturated rings. The van der Waals surface area contributed by atoms with E-state index in [9.17, 15) is 0 Å². The van der Waals surface area contributed by atoms with Gasteiger partial charge in [-0.15, -0.1) is 12.6 Å². The second-order valence-corrected chi connectivity index (χ2v) is 4.46. The van der Waals surface area contributed by atoms with Gasteiger partial charge in [-0.1, -0.05) is 53.5 Å². The summed E-state index contributed by atoms with van der Waals surface area (Å²) in [7, 11) is 0. The zero-order valence-electron chi connectivity index (χ0n) is 7.74. The second kappa shape index (κ2) is 4.48. The van der Waals surface area contributed by atoms with Gasteiger partial charge in [0.2, 0.25) is 0 Å². The number of thiol groups is 1. The van der Waals surface area contributed by atoms with Gasteiger partial charge >= 0.3 is 0 Å². The largest absolute Gasteiger partial charge is 0.143 e. The lowest BCUT2D eigenvalue weighted by molar-refractivity contribution is 1.47. The zero-order chi connectivity index (χ0) is 10.8. The minimum Gasteiger partial charge on any atom is -0.143 e. The summed E-state index contributed by atoms with van der Waals surface area (Å²) in [6, 6.07) is 13.5. The number of hydrogen-bond acceptors (Lipinski definition) is 1. The smallest absolute Gasteiger partial charge is 0.0671 e. The van der Waals surface area contributed by atoms with E-state index < -0.39 is 0 Å². The Labute approximate surface area is 104 Å². The molecule has 0 N–H and O–H groups in total. The van der Waals surface area contributed by atoms with Gasteiger partial charge in [-0.2, -0.15) is 0 Å². The van der Waals surface area contributed by atoms with E-state index in [0.717, 1.165) is 16.0 Å². The molecule has 0 spiro atoms. The van der Waals surface area contributed by atoms with E-state index in [1.54, 1.807) is 6.07 Å². The van der Waals surface area contributed by atoms with Crippen molar-refractivity contribution in [2.75, 3.05) is 0 Å². The third-order valence-electron chi connectivity index (χ3n) is 2.10. The lowest BCUT2D eigenvalue weighted by atomic mass is 10.1. The Bertz CT molecular complexity index is 480. The summed E-state index contributed by atoms with van der Waals surface area (Å²) in [4.78, 5) is 0.809. The molecule has 0 heterocycles. The highest BCUT2D eigenvalue weighted by Gasteiger charge is 2.07. The molecule has 0 aliphatic carbocycles. The van der Waals surface area contributed by atoms with Crippen LogP contribution in [-0.2, 0) is 0 Å². The minimum atomic E-state index is 0.531. The highest BCUT2D eigenvalue weighted by atomic mass is 35.5. The lowest BCUT2D eigenvalue weighted by Crippen LogP contribution is -1.81. The Morgan fingerprint density at radius 2 is 1.60 bits per heavy atom. The maximum Gasteiger partial charge on any atom is 0.0671 e. The van der Waals surface area contributed by atoms with Gasteiger partial charge in [0.1, 0.15) is 0 Å². The van der Waals surface area contributed by atoms with Crippen molar-refractivity contribution in [3.05, 3.63) is 52.5 Å². The second-order valence-electron chi connectivity index (χ2n) is 3.16. The fraction of sp³-hybridized carbons (Fsp3) is 0. The van der Waals surface area contributed by atoms with Gasteiger partial charge in [-0.25, -0.2) is 0 Å². The van der Waals surface area contributed by atoms with Crippen molar-refractivity contribution < 1.29 is 0 Å². The number of hydrogen-bond donors (Lipinski definition) is 1. The molecule has 2 aromatic carbocycles. The Hall–Kier alpha value is -0.630. The van der Waals surface area contributed by atoms with Crippen LogP contribution < -0.4 is 0 Å². The van der Waals surface area contributed by atoms with Crippen molar-refractivity contribution in [2.45, 2.75) is 4.90 Å². The van der Waals surface area contributed by atoms with Crippen LogP contribution in [0.5, 0.6) is 0 Å². The van der Waals surface area contributed by atoms with Crippen LogP contribution in [0, 0.1) is 0 Å². The predicted molar refractivity (Wildman–Crippen MR) is 69.2 cm³/mol. The van der Waals surface area contributed by atoms with Crippen LogP contribution in [-0.4, -0.2) is 0 Å². The van der Waals surface area contributed by atoms with Crippen LogP contribution in [0.2, 0.25) is 10.0 Å². The average molecular weight is 255 g/mol. The first-order chi connectivity index (χ1) is 7.18. The number of halogens is 2. The van der Waals surface area contributed by atoms with Crippen LogP contribution in [0.15, 0.2) is 47.4 Å². The molecule has 0 bridgehead atoms. The van der Waals surface area contributed by atoms with Crippen molar-refractivity contribution in [1.29, 1.82) is 0 Å². The Morgan fingerprint density at radius 3 is 2.27 bits per heavy atom. The maximum atomic E-state index is 6.13. The lowest BCUT2D eigenvalue weighted by Gasteiger charge is -2.07. The molecule has 0 unspecified atom stereocenters. The average Bonchev–Trinajstić information content (AvgIpc) is 2.24. The highest BCUT2D eigenvalue weighted by molar-refractivity contribution is 7.80. The van der Waals surface area contributed by atoms with Crippen LogP contribution >= 0.6 is 35.8 Å². The third-order valence-corrected chi connectivity index (χ3v) is 3.16. The van der Waals surface area contributed by atoms with Gasteiger partial charge in [-0.05, 0) is 17.7 Å². The molecule has 0 radical (unpaired) electrons. The zero-order valence-corrected chi connectivity index (χ0v) is 10.2. The van der Waals surface area contributed by atoms with Crippen LogP contribution in [0.1, 0.15) is 0 Å². The number of rotatable bonds is 1. The Morgan fingerprint density at radius 1 is 0.933 bits per heavy atom. The molecule has 0 aromatic heterocycles. The number of benzene rings is 2. The van der Waals surface area contributed by atoms with Crippen molar-refractivity contribution >= 4 is 35.8 Å². The van der Waals surface area contributed by atoms with Crippen molar-refractivity contribution in [3.63, 3.8) is 0 Å². The van der Waals surface area contributed by atoms with Gasteiger partial charge < -0.3 is 0 Å². The summed E-state index contributed by atoms with van der Waals surface area (Å²) < 4.78 is 0. The Balaban J connectivity index is 2.63. The molecule has 0 nitrogen and oxygen atoms in total. The first kappa shape index (κ1) is 10.9. The molecule has 0 saturated heterocycles. The van der Waals surface area contributed by atoms with E-state index in [2.05, 4.69) is 12.6 Å². The molecular formula is C12H8Cl2S. The predicted octanol–water partition coefficient (Wildman–Crippen LogP) is 4.95. The summed E-state index contributed by atoms with van der Waals surface area (Å²) in [5, 5.41) is 1.10. The van der Waals surface area contributed by atoms with Crippen LogP contribution in [0.3, 0.4) is 0 Å². The monoisotopic (exact) mass is 254 g/mol. The quantitative estimate of drug-likeness (QED) is 0.685. The van der Waals surface area contributed by atoms with Crippen LogP contribution in [0.25, 0.3) is 11.1 Å². The first-order valence-electron chi connectivity index (χ1n) is 4.42. The Kier molecular flexibility index (Phi) is 3.25. The fourth-order valence-corrected chi connectivity index (χ4v) is 2.17. The van der Waals surface area contributed by atoms with Gasteiger partial charge in [0.05, 0.1) is 10.0 Å². The summed E-state index contributed by atoms with van der Waals surface area (Å²) in [5.74, 6) is 0. The summed E-state index contributed by atoms with van der Waals surface area (Å²) >= 11 is 16.4. The fourth-order valence-electron chi connectivity index (χ4n) is 1.40. The summed E-state index contributed by atoms with van der Waals surface area (Å²) in [6.45, 7) is 0. The summed E-state index contributed by atoms with van der Waals surface area (Å²) in [5.41, 5.74) is 1.95. The van der Waals surface area contributed by atoms with Crippen molar-refractivity contribution in [3.8, 4) is 11.1 Å². The minimum absolute atomic E-state index is 0.531. The molecule has 15 heavy (non-hydrogen) atoms. The molecule has 2 rings (SSSR count). The third kappa shape index (κ3) is 2.31. The first-order valence-corrected chi connectivity index (χ1v) is 5.62. The van der Waals surface area contributed by atoms with E-state index in [-0.39, 0.29) is 0 Å². The summed E-state index contributed by atoms with van der Waals surface area (Å²) in [6.07, 6.45) is 0. The molecule has 3 heteroatoms.